The number of rotatable bonds is 6. The molecule has 0 aliphatic rings. The van der Waals surface area contributed by atoms with Gasteiger partial charge in [0.15, 0.2) is 0 Å². The van der Waals surface area contributed by atoms with Crippen molar-refractivity contribution in [3.8, 4) is 11.5 Å². The molecule has 0 amide bonds. The number of carbonyl (C=O) groups is 4. The Kier molecular flexibility index (Phi) is 6.05. The van der Waals surface area contributed by atoms with E-state index in [9.17, 15) is 19.2 Å². The first kappa shape index (κ1) is 16.8. The Bertz CT molecular complexity index is 593. The fourth-order valence-electron chi connectivity index (χ4n) is 1.43. The molecule has 1 aromatic carbocycles. The van der Waals surface area contributed by atoms with E-state index in [1.54, 1.807) is 0 Å². The smallest absolute Gasteiger partial charge is 0.311 e. The highest BCUT2D eigenvalue weighted by atomic mass is 35.5. The Morgan fingerprint density at radius 2 is 1.52 bits per heavy atom. The molecule has 0 fully saturated rings. The van der Waals surface area contributed by atoms with Gasteiger partial charge in [-0.15, -0.1) is 0 Å². The van der Waals surface area contributed by atoms with E-state index in [0.717, 1.165) is 0 Å². The zero-order valence-corrected chi connectivity index (χ0v) is 12.2. The molecule has 6 nitrogen and oxygen atoms in total. The number of benzene rings is 1. The van der Waals surface area contributed by atoms with Crippen LogP contribution in [0.15, 0.2) is 18.2 Å². The van der Waals surface area contributed by atoms with Crippen LogP contribution in [0.3, 0.4) is 0 Å². The van der Waals surface area contributed by atoms with Gasteiger partial charge in [0.05, 0.1) is 6.42 Å². The van der Waals surface area contributed by atoms with Crippen molar-refractivity contribution in [1.29, 1.82) is 0 Å². The quantitative estimate of drug-likeness (QED) is 0.455. The molecule has 112 valence electrons. The second kappa shape index (κ2) is 7.54. The van der Waals surface area contributed by atoms with Crippen molar-refractivity contribution in [1.82, 2.24) is 0 Å². The van der Waals surface area contributed by atoms with Crippen LogP contribution in [0.1, 0.15) is 37.0 Å². The molecule has 0 aliphatic carbocycles. The lowest BCUT2D eigenvalue weighted by molar-refractivity contribution is -0.135. The predicted octanol–water partition coefficient (Wildman–Crippen LogP) is 2.27. The fourth-order valence-corrected chi connectivity index (χ4v) is 1.54. The predicted molar refractivity (Wildman–Crippen MR) is 73.5 cm³/mol. The van der Waals surface area contributed by atoms with E-state index in [0.29, 0.717) is 0 Å². The average molecular weight is 313 g/mol. The largest absolute Gasteiger partial charge is 0.427 e. The molecule has 21 heavy (non-hydrogen) atoms. The fraction of sp³-hybridized carbons (Fsp3) is 0.286. The minimum Gasteiger partial charge on any atom is -0.427 e. The summed E-state index contributed by atoms with van der Waals surface area (Å²) < 4.78 is 9.81. The Labute approximate surface area is 126 Å². The van der Waals surface area contributed by atoms with Gasteiger partial charge in [0, 0.05) is 25.0 Å². The van der Waals surface area contributed by atoms with E-state index in [-0.39, 0.29) is 35.7 Å². The van der Waals surface area contributed by atoms with E-state index < -0.39 is 17.2 Å². The lowest BCUT2D eigenvalue weighted by Crippen LogP contribution is -2.10. The molecule has 7 heteroatoms. The summed E-state index contributed by atoms with van der Waals surface area (Å²) in [6, 6.07) is 3.77. The number of ketones is 1. The normalized spacial score (nSPS) is 9.86. The van der Waals surface area contributed by atoms with Crippen LogP contribution < -0.4 is 9.47 Å². The third-order valence-corrected chi connectivity index (χ3v) is 2.50. The van der Waals surface area contributed by atoms with E-state index in [4.69, 9.17) is 21.1 Å². The molecular weight excluding hydrogens is 300 g/mol. The number of hydrogen-bond acceptors (Lipinski definition) is 6. The Balaban J connectivity index is 2.92. The van der Waals surface area contributed by atoms with Crippen LogP contribution >= 0.6 is 11.6 Å². The zero-order valence-electron chi connectivity index (χ0n) is 11.5. The van der Waals surface area contributed by atoms with Gasteiger partial charge >= 0.3 is 11.9 Å². The first-order valence-electron chi connectivity index (χ1n) is 6.01. The molecule has 0 bridgehead atoms. The summed E-state index contributed by atoms with van der Waals surface area (Å²) >= 11 is 5.36. The maximum atomic E-state index is 11.5. The zero-order chi connectivity index (χ0) is 16.0. The van der Waals surface area contributed by atoms with Crippen LogP contribution in [0.25, 0.3) is 0 Å². The van der Waals surface area contributed by atoms with Gasteiger partial charge in [0.25, 0.3) is 5.24 Å². The van der Waals surface area contributed by atoms with Gasteiger partial charge < -0.3 is 14.3 Å². The Hall–Kier alpha value is -2.21. The molecule has 0 saturated carbocycles. The molecule has 0 unspecified atom stereocenters. The number of esters is 2. The molecular formula is C14H13ClO6. The molecule has 1 aromatic rings. The molecule has 0 spiro atoms. The van der Waals surface area contributed by atoms with E-state index >= 15 is 0 Å². The molecule has 0 N–H and O–H groups in total. The first-order chi connectivity index (χ1) is 9.77. The van der Waals surface area contributed by atoms with Crippen LogP contribution in [-0.2, 0) is 14.4 Å². The number of halogens is 1. The lowest BCUT2D eigenvalue weighted by Gasteiger charge is -2.08. The second-order valence-electron chi connectivity index (χ2n) is 4.24. The lowest BCUT2D eigenvalue weighted by atomic mass is 10.2. The van der Waals surface area contributed by atoms with Crippen molar-refractivity contribution in [2.45, 2.75) is 26.7 Å². The first-order valence-corrected chi connectivity index (χ1v) is 6.39. The Morgan fingerprint density at radius 3 is 2.00 bits per heavy atom. The van der Waals surface area contributed by atoms with E-state index in [1.807, 2.05) is 0 Å². The third-order valence-electron chi connectivity index (χ3n) is 2.28. The van der Waals surface area contributed by atoms with Gasteiger partial charge in [-0.2, -0.15) is 0 Å². The monoisotopic (exact) mass is 312 g/mol. The topological polar surface area (TPSA) is 86.7 Å². The second-order valence-corrected chi connectivity index (χ2v) is 4.58. The molecule has 0 radical (unpaired) electrons. The van der Waals surface area contributed by atoms with Crippen LogP contribution in [-0.4, -0.2) is 23.0 Å². The van der Waals surface area contributed by atoms with Gasteiger partial charge in [-0.1, -0.05) is 0 Å². The van der Waals surface area contributed by atoms with E-state index in [2.05, 4.69) is 0 Å². The minimum absolute atomic E-state index is 0.00584. The highest BCUT2D eigenvalue weighted by Crippen LogP contribution is 2.24. The summed E-state index contributed by atoms with van der Waals surface area (Å²) in [6.07, 6.45) is -0.0267. The maximum Gasteiger partial charge on any atom is 0.311 e. The summed E-state index contributed by atoms with van der Waals surface area (Å²) in [5.41, 5.74) is 0.0183. The highest BCUT2D eigenvalue weighted by molar-refractivity contribution is 6.67. The number of Topliss-reactive ketones (excluding diaryl/α,β-unsaturated/α-hetero) is 1. The summed E-state index contributed by atoms with van der Waals surface area (Å²) in [5.74, 6) is -1.34. The van der Waals surface area contributed by atoms with E-state index in [1.165, 1.54) is 32.0 Å². The highest BCUT2D eigenvalue weighted by Gasteiger charge is 2.12. The summed E-state index contributed by atoms with van der Waals surface area (Å²) in [4.78, 5) is 44.4. The van der Waals surface area contributed by atoms with Crippen molar-refractivity contribution < 1.29 is 28.7 Å². The average Bonchev–Trinajstić information content (AvgIpc) is 2.35. The van der Waals surface area contributed by atoms with Crippen molar-refractivity contribution in [3.05, 3.63) is 23.8 Å². The molecule has 0 aromatic heterocycles. The van der Waals surface area contributed by atoms with Gasteiger partial charge in [-0.3, -0.25) is 14.4 Å². The van der Waals surface area contributed by atoms with Crippen molar-refractivity contribution >= 4 is 34.6 Å². The number of carbonyl (C=O) groups excluding carboxylic acids is 4. The van der Waals surface area contributed by atoms with Gasteiger partial charge in [0.1, 0.15) is 17.3 Å². The summed E-state index contributed by atoms with van der Waals surface area (Å²) in [6.45, 7) is 2.55. The number of hydrogen-bond donors (Lipinski definition) is 0. The molecule has 0 heterocycles. The third kappa shape index (κ3) is 6.18. The molecule has 0 saturated heterocycles. The van der Waals surface area contributed by atoms with Crippen molar-refractivity contribution in [3.63, 3.8) is 0 Å². The standard InChI is InChI=1S/C14H13ClO6/c1-8(16)3-4-13(18)21-12-6-10(14(15)19)5-11(7-12)20-9(2)17/h5-7H,3-4H2,1-2H3. The number of ether oxygens (including phenoxy) is 2. The van der Waals surface area contributed by atoms with Crippen LogP contribution in [0.5, 0.6) is 11.5 Å². The Morgan fingerprint density at radius 1 is 0.952 bits per heavy atom. The molecule has 0 aliphatic heterocycles. The molecule has 0 atom stereocenters. The van der Waals surface area contributed by atoms with Gasteiger partial charge in [0.2, 0.25) is 0 Å². The van der Waals surface area contributed by atoms with Crippen LogP contribution in [0.2, 0.25) is 0 Å². The SMILES string of the molecule is CC(=O)CCC(=O)Oc1cc(OC(C)=O)cc(C(=O)Cl)c1. The molecule has 1 rings (SSSR count). The van der Waals surface area contributed by atoms with Gasteiger partial charge in [-0.25, -0.2) is 0 Å². The maximum absolute atomic E-state index is 11.5. The van der Waals surface area contributed by atoms with Crippen LogP contribution in [0.4, 0.5) is 0 Å². The minimum atomic E-state index is -0.787. The van der Waals surface area contributed by atoms with Gasteiger partial charge in [-0.05, 0) is 30.7 Å². The summed E-state index contributed by atoms with van der Waals surface area (Å²) in [5, 5.41) is -0.787. The van der Waals surface area contributed by atoms with Crippen molar-refractivity contribution in [2.24, 2.45) is 0 Å². The van der Waals surface area contributed by atoms with Crippen LogP contribution in [0, 0.1) is 0 Å². The summed E-state index contributed by atoms with van der Waals surface area (Å²) in [7, 11) is 0. The van der Waals surface area contributed by atoms with Crippen molar-refractivity contribution in [2.75, 3.05) is 0 Å².